The minimum atomic E-state index is -0.393. The van der Waals surface area contributed by atoms with E-state index in [9.17, 15) is 9.18 Å². The zero-order valence-electron chi connectivity index (χ0n) is 10.5. The fraction of sp³-hybridized carbons (Fsp3) is 0.533. The molecule has 1 aromatic carbocycles. The normalized spacial score (nSPS) is 31.0. The molecule has 0 aromatic heterocycles. The second kappa shape index (κ2) is 4.08. The van der Waals surface area contributed by atoms with Gasteiger partial charge in [0.2, 0.25) is 0 Å². The van der Waals surface area contributed by atoms with Crippen molar-refractivity contribution in [2.45, 2.75) is 44.6 Å². The summed E-state index contributed by atoms with van der Waals surface area (Å²) in [6.45, 7) is 2.14. The predicted octanol–water partition coefficient (Wildman–Crippen LogP) is 3.74. The van der Waals surface area contributed by atoms with Gasteiger partial charge in [-0.2, -0.15) is 0 Å². The first-order chi connectivity index (χ1) is 8.61. The number of ketones is 1. The number of benzene rings is 1. The number of fused-ring (bicyclic) bond motifs is 1. The molecule has 0 saturated heterocycles. The van der Waals surface area contributed by atoms with E-state index in [1.54, 1.807) is 0 Å². The molecule has 1 aliphatic carbocycles. The van der Waals surface area contributed by atoms with Gasteiger partial charge in [-0.25, -0.2) is 4.39 Å². The Bertz CT molecular complexity index is 497. The van der Waals surface area contributed by atoms with E-state index in [0.717, 1.165) is 19.3 Å². The van der Waals surface area contributed by atoms with Gasteiger partial charge < -0.3 is 4.74 Å². The number of ether oxygens (including phenoxy) is 1. The Kier molecular flexibility index (Phi) is 2.65. The molecule has 2 nitrogen and oxygen atoms in total. The third-order valence-electron chi connectivity index (χ3n) is 4.40. The lowest BCUT2D eigenvalue weighted by atomic mass is 9.72. The highest BCUT2D eigenvalue weighted by Gasteiger charge is 2.45. The first kappa shape index (κ1) is 11.7. The van der Waals surface area contributed by atoms with Crippen molar-refractivity contribution in [2.75, 3.05) is 0 Å². The highest BCUT2D eigenvalue weighted by atomic mass is 19.1. The number of carbonyl (C=O) groups is 1. The molecule has 0 radical (unpaired) electrons. The zero-order chi connectivity index (χ0) is 12.8. The van der Waals surface area contributed by atoms with E-state index < -0.39 is 5.60 Å². The topological polar surface area (TPSA) is 26.3 Å². The summed E-state index contributed by atoms with van der Waals surface area (Å²) in [4.78, 5) is 12.2. The van der Waals surface area contributed by atoms with Gasteiger partial charge in [0.05, 0.1) is 12.0 Å². The molecule has 1 heterocycles. The molecule has 1 fully saturated rings. The van der Waals surface area contributed by atoms with Crippen molar-refractivity contribution >= 4 is 5.78 Å². The van der Waals surface area contributed by atoms with E-state index >= 15 is 0 Å². The zero-order valence-corrected chi connectivity index (χ0v) is 10.5. The summed E-state index contributed by atoms with van der Waals surface area (Å²) >= 11 is 0. The van der Waals surface area contributed by atoms with Crippen molar-refractivity contribution < 1.29 is 13.9 Å². The Morgan fingerprint density at radius 2 is 2.22 bits per heavy atom. The van der Waals surface area contributed by atoms with Gasteiger partial charge >= 0.3 is 0 Å². The predicted molar refractivity (Wildman–Crippen MR) is 66.3 cm³/mol. The molecule has 18 heavy (non-hydrogen) atoms. The number of hydrogen-bond acceptors (Lipinski definition) is 2. The van der Waals surface area contributed by atoms with E-state index in [4.69, 9.17) is 4.74 Å². The Labute approximate surface area is 106 Å². The SMILES string of the molecule is CC1CCCCC12CC(=O)c1ccc(F)cc1O2. The van der Waals surface area contributed by atoms with Gasteiger partial charge in [0.1, 0.15) is 17.2 Å². The van der Waals surface area contributed by atoms with Gasteiger partial charge in [-0.1, -0.05) is 13.3 Å². The molecule has 2 atom stereocenters. The monoisotopic (exact) mass is 248 g/mol. The van der Waals surface area contributed by atoms with Crippen molar-refractivity contribution in [3.05, 3.63) is 29.6 Å². The van der Waals surface area contributed by atoms with Crippen LogP contribution in [0.15, 0.2) is 18.2 Å². The Morgan fingerprint density at radius 3 is 3.00 bits per heavy atom. The maximum atomic E-state index is 13.3. The summed E-state index contributed by atoms with van der Waals surface area (Å²) in [6, 6.07) is 4.20. The number of rotatable bonds is 0. The molecule has 3 heteroatoms. The average molecular weight is 248 g/mol. The second-order valence-corrected chi connectivity index (χ2v) is 5.55. The Hall–Kier alpha value is -1.38. The van der Waals surface area contributed by atoms with Crippen molar-refractivity contribution in [3.63, 3.8) is 0 Å². The fourth-order valence-corrected chi connectivity index (χ4v) is 3.23. The summed E-state index contributed by atoms with van der Waals surface area (Å²) in [5.74, 6) is 0.527. The lowest BCUT2D eigenvalue weighted by molar-refractivity contribution is -0.0260. The molecule has 0 bridgehead atoms. The third-order valence-corrected chi connectivity index (χ3v) is 4.40. The standard InChI is InChI=1S/C15H17FO2/c1-10-4-2-3-7-15(10)9-13(17)12-6-5-11(16)8-14(12)18-15/h5-6,8,10H,2-4,7,9H2,1H3. The minimum Gasteiger partial charge on any atom is -0.486 e. The fourth-order valence-electron chi connectivity index (χ4n) is 3.23. The smallest absolute Gasteiger partial charge is 0.170 e. The van der Waals surface area contributed by atoms with E-state index in [-0.39, 0.29) is 11.6 Å². The summed E-state index contributed by atoms with van der Waals surface area (Å²) < 4.78 is 19.3. The Balaban J connectivity index is 2.01. The molecule has 1 spiro atoms. The van der Waals surface area contributed by atoms with Gasteiger partial charge in [0.25, 0.3) is 0 Å². The number of Topliss-reactive ketones (excluding diaryl/α,β-unsaturated/α-hetero) is 1. The van der Waals surface area contributed by atoms with E-state index in [0.29, 0.717) is 23.7 Å². The van der Waals surface area contributed by atoms with Gasteiger partial charge in [0, 0.05) is 6.07 Å². The molecule has 1 aliphatic heterocycles. The van der Waals surface area contributed by atoms with Crippen LogP contribution in [0.1, 0.15) is 49.4 Å². The molecule has 2 aliphatic rings. The molecular formula is C15H17FO2. The molecule has 1 aromatic rings. The van der Waals surface area contributed by atoms with Gasteiger partial charge in [-0.05, 0) is 37.3 Å². The molecule has 1 saturated carbocycles. The third kappa shape index (κ3) is 1.73. The minimum absolute atomic E-state index is 0.0880. The molecule has 0 N–H and O–H groups in total. The summed E-state index contributed by atoms with van der Waals surface area (Å²) in [5, 5.41) is 0. The van der Waals surface area contributed by atoms with E-state index in [1.165, 1.54) is 24.6 Å². The second-order valence-electron chi connectivity index (χ2n) is 5.55. The van der Waals surface area contributed by atoms with Gasteiger partial charge in [-0.15, -0.1) is 0 Å². The maximum absolute atomic E-state index is 13.3. The van der Waals surface area contributed by atoms with Crippen molar-refractivity contribution in [1.29, 1.82) is 0 Å². The van der Waals surface area contributed by atoms with Crippen LogP contribution in [0.25, 0.3) is 0 Å². The number of halogens is 1. The van der Waals surface area contributed by atoms with Crippen LogP contribution in [0.4, 0.5) is 4.39 Å². The molecular weight excluding hydrogens is 231 g/mol. The quantitative estimate of drug-likeness (QED) is 0.699. The van der Waals surface area contributed by atoms with Crippen LogP contribution < -0.4 is 4.74 Å². The lowest BCUT2D eigenvalue weighted by Gasteiger charge is -2.45. The molecule has 0 amide bonds. The van der Waals surface area contributed by atoms with Crippen molar-refractivity contribution in [2.24, 2.45) is 5.92 Å². The summed E-state index contributed by atoms with van der Waals surface area (Å²) in [7, 11) is 0. The van der Waals surface area contributed by atoms with Crippen LogP contribution in [0, 0.1) is 11.7 Å². The van der Waals surface area contributed by atoms with Crippen LogP contribution in [-0.2, 0) is 0 Å². The molecule has 3 rings (SSSR count). The van der Waals surface area contributed by atoms with Crippen molar-refractivity contribution in [1.82, 2.24) is 0 Å². The van der Waals surface area contributed by atoms with E-state index in [1.807, 2.05) is 0 Å². The largest absolute Gasteiger partial charge is 0.486 e. The maximum Gasteiger partial charge on any atom is 0.170 e. The van der Waals surface area contributed by atoms with E-state index in [2.05, 4.69) is 6.92 Å². The number of carbonyl (C=O) groups excluding carboxylic acids is 1. The highest BCUT2D eigenvalue weighted by molar-refractivity contribution is 6.00. The lowest BCUT2D eigenvalue weighted by Crippen LogP contribution is -2.49. The van der Waals surface area contributed by atoms with Crippen LogP contribution in [0.2, 0.25) is 0 Å². The summed E-state index contributed by atoms with van der Waals surface area (Å²) in [5.41, 5.74) is 0.135. The first-order valence-electron chi connectivity index (χ1n) is 6.62. The van der Waals surface area contributed by atoms with Crippen LogP contribution in [-0.4, -0.2) is 11.4 Å². The average Bonchev–Trinajstić information content (AvgIpc) is 2.32. The molecule has 96 valence electrons. The highest BCUT2D eigenvalue weighted by Crippen LogP contribution is 2.44. The van der Waals surface area contributed by atoms with Gasteiger partial charge in [0.15, 0.2) is 5.78 Å². The van der Waals surface area contributed by atoms with Gasteiger partial charge in [-0.3, -0.25) is 4.79 Å². The number of hydrogen-bond donors (Lipinski definition) is 0. The Morgan fingerprint density at radius 1 is 1.39 bits per heavy atom. The van der Waals surface area contributed by atoms with Crippen LogP contribution in [0.5, 0.6) is 5.75 Å². The van der Waals surface area contributed by atoms with Crippen LogP contribution >= 0.6 is 0 Å². The summed E-state index contributed by atoms with van der Waals surface area (Å²) in [6.07, 6.45) is 4.69. The van der Waals surface area contributed by atoms with Crippen molar-refractivity contribution in [3.8, 4) is 5.75 Å². The van der Waals surface area contributed by atoms with Crippen LogP contribution in [0.3, 0.4) is 0 Å². The molecule has 2 unspecified atom stereocenters. The first-order valence-corrected chi connectivity index (χ1v) is 6.62.